The second-order valence-electron chi connectivity index (χ2n) is 14.7. The maximum Gasteiger partial charge on any atom is 0.553 e. The zero-order valence-electron chi connectivity index (χ0n) is 31.6. The zero-order valence-corrected chi connectivity index (χ0v) is 34.9. The highest BCUT2D eigenvalue weighted by molar-refractivity contribution is 7.17. The maximum atomic E-state index is 13.5. The van der Waals surface area contributed by atoms with Gasteiger partial charge in [0.1, 0.15) is 62.8 Å². The number of nitriles is 2. The predicted molar refractivity (Wildman–Crippen MR) is 225 cm³/mol. The number of fused-ring (bicyclic) bond motifs is 8. The molecule has 6 heterocycles. The molecular formula is C42H34N8O4S4. The number of rotatable bonds is 4. The first-order valence-electron chi connectivity index (χ1n) is 19.3. The Balaban J connectivity index is 1.22. The van der Waals surface area contributed by atoms with Gasteiger partial charge in [-0.1, -0.05) is 12.8 Å². The Bertz CT molecular complexity index is 2880. The Hall–Kier alpha value is -5.62. The van der Waals surface area contributed by atoms with E-state index in [-0.39, 0.29) is 22.5 Å². The molecule has 2 aliphatic carbocycles. The molecule has 4 aliphatic rings. The van der Waals surface area contributed by atoms with Crippen molar-refractivity contribution in [1.29, 1.82) is 10.5 Å². The molecule has 0 unspecified atom stereocenters. The number of hydrogen-bond acceptors (Lipinski definition) is 12. The molecular weight excluding hydrogens is 809 g/mol. The van der Waals surface area contributed by atoms with Gasteiger partial charge in [0, 0.05) is 24.2 Å². The summed E-state index contributed by atoms with van der Waals surface area (Å²) in [6.07, 6.45) is 13.0. The van der Waals surface area contributed by atoms with Crippen molar-refractivity contribution in [3.8, 4) is 44.5 Å². The fraction of sp³-hybridized carbons (Fsp3) is 0.381. The quantitative estimate of drug-likeness (QED) is 0.192. The molecule has 16 heteroatoms. The molecule has 2 fully saturated rings. The first kappa shape index (κ1) is 37.9. The van der Waals surface area contributed by atoms with Gasteiger partial charge in [0.05, 0.1) is 18.8 Å². The van der Waals surface area contributed by atoms with E-state index in [2.05, 4.69) is 21.8 Å². The average molecular weight is 843 g/mol. The summed E-state index contributed by atoms with van der Waals surface area (Å²) in [5, 5.41) is 20.5. The molecule has 12 nitrogen and oxygen atoms in total. The fourth-order valence-electron chi connectivity index (χ4n) is 8.74. The van der Waals surface area contributed by atoms with Crippen LogP contribution >= 0.6 is 45.3 Å². The van der Waals surface area contributed by atoms with Crippen molar-refractivity contribution in [3.63, 3.8) is 0 Å². The predicted octanol–water partition coefficient (Wildman–Crippen LogP) is 6.28. The van der Waals surface area contributed by atoms with Crippen molar-refractivity contribution < 1.29 is 9.47 Å². The van der Waals surface area contributed by atoms with Gasteiger partial charge >= 0.3 is 5.82 Å². The molecule has 2 saturated carbocycles. The number of nitrogens with zero attached hydrogens (tertiary/aromatic N) is 8. The second kappa shape index (κ2) is 14.6. The largest absolute Gasteiger partial charge is 0.553 e. The Morgan fingerprint density at radius 1 is 0.741 bits per heavy atom. The van der Waals surface area contributed by atoms with Crippen molar-refractivity contribution in [3.05, 3.63) is 95.5 Å². The van der Waals surface area contributed by atoms with E-state index in [1.54, 1.807) is 12.2 Å². The van der Waals surface area contributed by atoms with Crippen LogP contribution in [0.15, 0.2) is 21.7 Å². The highest BCUT2D eigenvalue weighted by atomic mass is 32.1. The normalized spacial score (nSPS) is 17.4. The minimum absolute atomic E-state index is 0.0916. The molecule has 9 rings (SSSR count). The van der Waals surface area contributed by atoms with Crippen LogP contribution in [0.4, 0.5) is 0 Å². The molecule has 5 aromatic rings. The molecule has 2 aliphatic heterocycles. The van der Waals surface area contributed by atoms with Crippen LogP contribution in [-0.2, 0) is 24.3 Å². The third-order valence-corrected chi connectivity index (χ3v) is 15.8. The van der Waals surface area contributed by atoms with Crippen LogP contribution in [0.5, 0.6) is 11.5 Å². The first-order chi connectivity index (χ1) is 28.2. The molecule has 0 amide bonds. The van der Waals surface area contributed by atoms with Crippen LogP contribution in [0.3, 0.4) is 0 Å². The molecule has 58 heavy (non-hydrogen) atoms. The fourth-order valence-corrected chi connectivity index (χ4v) is 13.3. The van der Waals surface area contributed by atoms with Gasteiger partial charge in [-0.2, -0.15) is 20.2 Å². The lowest BCUT2D eigenvalue weighted by Gasteiger charge is -2.43. The summed E-state index contributed by atoms with van der Waals surface area (Å²) in [6, 6.07) is 8.02. The third-order valence-electron chi connectivity index (χ3n) is 11.5. The van der Waals surface area contributed by atoms with E-state index < -0.39 is 11.2 Å². The highest BCUT2D eigenvalue weighted by Crippen LogP contribution is 2.59. The van der Waals surface area contributed by atoms with Crippen molar-refractivity contribution >= 4 is 68.9 Å². The maximum absolute atomic E-state index is 13.5. The van der Waals surface area contributed by atoms with Gasteiger partial charge in [-0.15, -0.1) is 45.3 Å². The van der Waals surface area contributed by atoms with Crippen molar-refractivity contribution in [2.24, 2.45) is 0 Å². The van der Waals surface area contributed by atoms with Gasteiger partial charge in [0.25, 0.3) is 11.1 Å². The van der Waals surface area contributed by atoms with E-state index >= 15 is 0 Å². The minimum atomic E-state index is -0.637. The topological polar surface area (TPSA) is 145 Å². The van der Waals surface area contributed by atoms with E-state index in [0.717, 1.165) is 131 Å². The van der Waals surface area contributed by atoms with Crippen molar-refractivity contribution in [2.45, 2.75) is 102 Å². The Morgan fingerprint density at radius 2 is 1.17 bits per heavy atom. The number of aromatic nitrogens is 4. The van der Waals surface area contributed by atoms with E-state index in [1.165, 1.54) is 31.8 Å². The summed E-state index contributed by atoms with van der Waals surface area (Å²) in [6.45, 7) is 19.3. The molecule has 4 aromatic heterocycles. The van der Waals surface area contributed by atoms with Gasteiger partial charge in [0.2, 0.25) is 0 Å². The monoisotopic (exact) mass is 842 g/mol. The zero-order chi connectivity index (χ0) is 40.3. The standard InChI is InChI=1S/C42H34N8O4S4/c1-5-49-37(51)28(55-39(49)23(21-43)22-44)19-30-47-34-32(57-30)24-17-27-25(18-26(24)53-41(34)13-9-7-10-14-41)33-35(42(54-27)15-11-8-12-16-42)48-31(58-33)20-29-38(52)50(6-2)40(56-29)36(45-3)46-4/h17-20H,5-16H2,1-2H3/b28-19+,29-20+. The Labute approximate surface area is 348 Å². The Kier molecular flexibility index (Phi) is 9.57. The van der Waals surface area contributed by atoms with Gasteiger partial charge in [-0.05, 0) is 89.5 Å². The van der Waals surface area contributed by atoms with Crippen LogP contribution in [-0.4, -0.2) is 19.1 Å². The molecule has 0 atom stereocenters. The van der Waals surface area contributed by atoms with E-state index in [9.17, 15) is 20.1 Å². The molecule has 0 saturated heterocycles. The van der Waals surface area contributed by atoms with Gasteiger partial charge in [-0.25, -0.2) is 9.97 Å². The van der Waals surface area contributed by atoms with E-state index in [0.29, 0.717) is 41.5 Å². The van der Waals surface area contributed by atoms with Crippen LogP contribution < -0.4 is 39.0 Å². The van der Waals surface area contributed by atoms with Crippen molar-refractivity contribution in [1.82, 2.24) is 19.1 Å². The summed E-state index contributed by atoms with van der Waals surface area (Å²) in [7, 11) is 0. The number of benzene rings is 1. The molecule has 0 radical (unpaired) electrons. The average Bonchev–Trinajstić information content (AvgIpc) is 4.01. The summed E-state index contributed by atoms with van der Waals surface area (Å²) in [5.41, 5.74) is 1.64. The molecule has 290 valence electrons. The summed E-state index contributed by atoms with van der Waals surface area (Å²) in [4.78, 5) is 46.1. The summed E-state index contributed by atoms with van der Waals surface area (Å²) < 4.78 is 18.7. The molecule has 2 spiro atoms. The lowest BCUT2D eigenvalue weighted by Crippen LogP contribution is -2.39. The molecule has 1 aromatic carbocycles. The van der Waals surface area contributed by atoms with E-state index in [1.807, 2.05) is 26.0 Å². The smallest absolute Gasteiger partial charge is 0.480 e. The van der Waals surface area contributed by atoms with Crippen LogP contribution in [0.25, 0.3) is 54.1 Å². The summed E-state index contributed by atoms with van der Waals surface area (Å²) in [5.74, 6) is 1.35. The summed E-state index contributed by atoms with van der Waals surface area (Å²) >= 11 is 5.30. The van der Waals surface area contributed by atoms with Gasteiger partial charge in [0.15, 0.2) is 21.4 Å². The second-order valence-corrected chi connectivity index (χ2v) is 18.8. The van der Waals surface area contributed by atoms with Gasteiger partial charge in [-0.3, -0.25) is 14.2 Å². The SMILES string of the molecule is [C-]#[N+]C([N+]#[C-])=c1s/c(=C/c2nc3c(s2)-c2cc4c(cc2OC32CCCCC2)-c2sc(/C=c3/sc(=C(C#N)C#N)n(CC)c3=O)nc2C2(CCCCC2)O4)c(=O)n1CC. The number of thiazole rings is 4. The third kappa shape index (κ3) is 5.89. The lowest BCUT2D eigenvalue weighted by atomic mass is 9.78. The lowest BCUT2D eigenvalue weighted by molar-refractivity contribution is 0.0163. The van der Waals surface area contributed by atoms with Crippen LogP contribution in [0, 0.1) is 35.8 Å². The van der Waals surface area contributed by atoms with E-state index in [4.69, 9.17) is 32.6 Å². The number of ether oxygens (including phenoxy) is 2. The Morgan fingerprint density at radius 3 is 1.59 bits per heavy atom. The highest BCUT2D eigenvalue weighted by Gasteiger charge is 2.48. The first-order valence-corrected chi connectivity index (χ1v) is 22.5. The van der Waals surface area contributed by atoms with Gasteiger partial charge < -0.3 is 14.0 Å². The molecule has 0 bridgehead atoms. The van der Waals surface area contributed by atoms with Crippen molar-refractivity contribution in [2.75, 3.05) is 0 Å². The van der Waals surface area contributed by atoms with Crippen LogP contribution in [0.1, 0.15) is 99.5 Å². The minimum Gasteiger partial charge on any atom is -0.480 e. The van der Waals surface area contributed by atoms with Crippen LogP contribution in [0.2, 0.25) is 0 Å². The number of hydrogen-bond donors (Lipinski definition) is 0. The molecule has 0 N–H and O–H groups in total.